The van der Waals surface area contributed by atoms with Gasteiger partial charge < -0.3 is 23.7 Å². The lowest BCUT2D eigenvalue weighted by atomic mass is 9.91. The van der Waals surface area contributed by atoms with Gasteiger partial charge in [-0.3, -0.25) is 0 Å². The Morgan fingerprint density at radius 2 is 0.692 bits per heavy atom. The summed E-state index contributed by atoms with van der Waals surface area (Å²) in [5.74, 6) is 4.60. The van der Waals surface area contributed by atoms with E-state index in [4.69, 9.17) is 23.7 Å². The van der Waals surface area contributed by atoms with Crippen molar-refractivity contribution < 1.29 is 23.7 Å². The SMILES string of the molecule is CCCOc1c2cccc1Cc1cccc(c1OCCC)Cc1cc(OCc3ccccc3)cc(c1OCCC)Cc1cccc(c1OCCC)C2. The zero-order chi connectivity index (χ0) is 36.1. The maximum atomic E-state index is 6.70. The van der Waals surface area contributed by atoms with E-state index < -0.39 is 0 Å². The van der Waals surface area contributed by atoms with E-state index >= 15 is 0 Å². The van der Waals surface area contributed by atoms with Crippen molar-refractivity contribution in [3.63, 3.8) is 0 Å². The Kier molecular flexibility index (Phi) is 13.2. The fraction of sp³-hybridized carbons (Fsp3) is 0.362. The average Bonchev–Trinajstić information content (AvgIpc) is 3.16. The van der Waals surface area contributed by atoms with E-state index in [2.05, 4.69) is 119 Å². The van der Waals surface area contributed by atoms with Gasteiger partial charge in [0.25, 0.3) is 0 Å². The van der Waals surface area contributed by atoms with Crippen LogP contribution in [0.25, 0.3) is 0 Å². The molecule has 0 saturated carbocycles. The van der Waals surface area contributed by atoms with Gasteiger partial charge in [0.15, 0.2) is 0 Å². The molecule has 8 bridgehead atoms. The molecule has 1 aliphatic carbocycles. The molecule has 0 saturated heterocycles. The number of hydrogen-bond acceptors (Lipinski definition) is 5. The Morgan fingerprint density at radius 1 is 0.365 bits per heavy atom. The van der Waals surface area contributed by atoms with Crippen LogP contribution in [0.4, 0.5) is 0 Å². The molecule has 52 heavy (non-hydrogen) atoms. The van der Waals surface area contributed by atoms with E-state index in [-0.39, 0.29) is 0 Å². The maximum Gasteiger partial charge on any atom is 0.126 e. The quantitative estimate of drug-likeness (QED) is 0.107. The zero-order valence-corrected chi connectivity index (χ0v) is 31.5. The number of ether oxygens (including phenoxy) is 5. The van der Waals surface area contributed by atoms with Crippen LogP contribution >= 0.6 is 0 Å². The monoisotopic (exact) mass is 698 g/mol. The lowest BCUT2D eigenvalue weighted by molar-refractivity contribution is 0.296. The van der Waals surface area contributed by atoms with Crippen molar-refractivity contribution in [1.82, 2.24) is 0 Å². The Morgan fingerprint density at radius 3 is 1.04 bits per heavy atom. The third-order valence-corrected chi connectivity index (χ3v) is 9.32. The van der Waals surface area contributed by atoms with Crippen LogP contribution in [0, 0.1) is 0 Å². The topological polar surface area (TPSA) is 46.2 Å². The molecule has 1 aliphatic rings. The summed E-state index contributed by atoms with van der Waals surface area (Å²) in [4.78, 5) is 0. The highest BCUT2D eigenvalue weighted by atomic mass is 16.5. The summed E-state index contributed by atoms with van der Waals surface area (Å²) in [6.07, 6.45) is 6.36. The molecule has 0 aromatic heterocycles. The van der Waals surface area contributed by atoms with Gasteiger partial charge in [-0.05, 0) is 76.8 Å². The number of hydrogen-bond donors (Lipinski definition) is 0. The van der Waals surface area contributed by atoms with E-state index in [1.54, 1.807) is 0 Å². The van der Waals surface area contributed by atoms with Gasteiger partial charge >= 0.3 is 0 Å². The second kappa shape index (κ2) is 18.5. The van der Waals surface area contributed by atoms with Crippen molar-refractivity contribution in [3.05, 3.63) is 147 Å². The van der Waals surface area contributed by atoms with E-state index in [0.717, 1.165) is 105 Å². The maximum absolute atomic E-state index is 6.70. The van der Waals surface area contributed by atoms with E-state index in [9.17, 15) is 0 Å². The first kappa shape index (κ1) is 36.9. The molecule has 0 N–H and O–H groups in total. The summed E-state index contributed by atoms with van der Waals surface area (Å²) in [5, 5.41) is 0. The minimum atomic E-state index is 0.482. The highest BCUT2D eigenvalue weighted by molar-refractivity contribution is 5.57. The molecule has 0 unspecified atom stereocenters. The molecular formula is C47H54O5. The fourth-order valence-corrected chi connectivity index (χ4v) is 6.94. The number of fused-ring (bicyclic) bond motifs is 8. The summed E-state index contributed by atoms with van der Waals surface area (Å²) in [5.41, 5.74) is 10.2. The Hall–Kier alpha value is -4.90. The van der Waals surface area contributed by atoms with Crippen molar-refractivity contribution in [2.75, 3.05) is 26.4 Å². The zero-order valence-electron chi connectivity index (χ0n) is 31.5. The third-order valence-electron chi connectivity index (χ3n) is 9.32. The predicted molar refractivity (Wildman–Crippen MR) is 211 cm³/mol. The normalized spacial score (nSPS) is 12.2. The minimum Gasteiger partial charge on any atom is -0.493 e. The highest BCUT2D eigenvalue weighted by Gasteiger charge is 2.22. The van der Waals surface area contributed by atoms with E-state index in [0.29, 0.717) is 58.7 Å². The Balaban J connectivity index is 1.57. The summed E-state index contributed by atoms with van der Waals surface area (Å²) < 4.78 is 33.1. The van der Waals surface area contributed by atoms with Crippen LogP contribution < -0.4 is 23.7 Å². The van der Waals surface area contributed by atoms with Crippen LogP contribution in [-0.4, -0.2) is 26.4 Å². The Bertz CT molecular complexity index is 1790. The molecule has 0 aliphatic heterocycles. The van der Waals surface area contributed by atoms with Gasteiger partial charge in [0.2, 0.25) is 0 Å². The van der Waals surface area contributed by atoms with E-state index in [1.807, 2.05) is 6.07 Å². The molecule has 0 atom stereocenters. The highest BCUT2D eigenvalue weighted by Crippen LogP contribution is 2.40. The van der Waals surface area contributed by atoms with Gasteiger partial charge in [0, 0.05) is 36.8 Å². The first-order chi connectivity index (χ1) is 25.6. The molecule has 5 aromatic rings. The van der Waals surface area contributed by atoms with Crippen LogP contribution in [0.5, 0.6) is 28.7 Å². The summed E-state index contributed by atoms with van der Waals surface area (Å²) >= 11 is 0. The lowest BCUT2D eigenvalue weighted by Crippen LogP contribution is -2.10. The van der Waals surface area contributed by atoms with Crippen molar-refractivity contribution in [2.24, 2.45) is 0 Å². The molecule has 6 rings (SSSR count). The van der Waals surface area contributed by atoms with Gasteiger partial charge in [0.1, 0.15) is 35.4 Å². The largest absolute Gasteiger partial charge is 0.493 e. The lowest BCUT2D eigenvalue weighted by Gasteiger charge is -2.23. The number of benzene rings is 5. The summed E-state index contributed by atoms with van der Waals surface area (Å²) in [6, 6.07) is 34.4. The molecule has 272 valence electrons. The van der Waals surface area contributed by atoms with Crippen LogP contribution in [0.15, 0.2) is 97.1 Å². The number of rotatable bonds is 15. The first-order valence-corrected chi connectivity index (χ1v) is 19.3. The smallest absolute Gasteiger partial charge is 0.126 e. The molecule has 0 spiro atoms. The van der Waals surface area contributed by atoms with Gasteiger partial charge in [-0.2, -0.15) is 0 Å². The third kappa shape index (κ3) is 9.11. The molecule has 0 heterocycles. The molecule has 5 heteroatoms. The number of para-hydroxylation sites is 3. The molecule has 0 fully saturated rings. The van der Waals surface area contributed by atoms with Gasteiger partial charge in [-0.1, -0.05) is 113 Å². The van der Waals surface area contributed by atoms with Crippen molar-refractivity contribution in [3.8, 4) is 28.7 Å². The molecular weight excluding hydrogens is 645 g/mol. The van der Waals surface area contributed by atoms with Crippen molar-refractivity contribution >= 4 is 0 Å². The van der Waals surface area contributed by atoms with Crippen LogP contribution in [0.2, 0.25) is 0 Å². The standard InChI is InChI=1S/C47H54O5/c1-5-23-48-44-35-17-12-18-36(44)28-38-20-14-22-40(46(38)50-25-7-3)30-42-32-43(52-33-34-15-10-9-11-16-34)31-41(47(42)51-26-8-4)29-39-21-13-19-37(27-35)45(39)49-24-6-2/h9-22,31-32H,5-8,23-30,33H2,1-4H3. The molecule has 0 radical (unpaired) electrons. The summed E-state index contributed by atoms with van der Waals surface area (Å²) in [7, 11) is 0. The predicted octanol–water partition coefficient (Wildman–Crippen LogP) is 11.1. The van der Waals surface area contributed by atoms with Crippen molar-refractivity contribution in [2.45, 2.75) is 85.7 Å². The summed E-state index contributed by atoms with van der Waals surface area (Å²) in [6.45, 7) is 11.7. The minimum absolute atomic E-state index is 0.482. The van der Waals surface area contributed by atoms with Gasteiger partial charge in [-0.25, -0.2) is 0 Å². The van der Waals surface area contributed by atoms with Gasteiger partial charge in [-0.15, -0.1) is 0 Å². The van der Waals surface area contributed by atoms with E-state index in [1.165, 1.54) is 0 Å². The molecule has 5 nitrogen and oxygen atoms in total. The fourth-order valence-electron chi connectivity index (χ4n) is 6.94. The second-order valence-electron chi connectivity index (χ2n) is 13.7. The van der Waals surface area contributed by atoms with Crippen LogP contribution in [0.1, 0.15) is 103 Å². The average molecular weight is 699 g/mol. The first-order valence-electron chi connectivity index (χ1n) is 19.3. The van der Waals surface area contributed by atoms with Crippen LogP contribution in [-0.2, 0) is 32.3 Å². The second-order valence-corrected chi connectivity index (χ2v) is 13.7. The molecule has 0 amide bonds. The molecule has 5 aromatic carbocycles. The van der Waals surface area contributed by atoms with Gasteiger partial charge in [0.05, 0.1) is 26.4 Å². The van der Waals surface area contributed by atoms with Crippen LogP contribution in [0.3, 0.4) is 0 Å². The Labute approximate surface area is 310 Å². The van der Waals surface area contributed by atoms with Crippen molar-refractivity contribution in [1.29, 1.82) is 0 Å².